The predicted octanol–water partition coefficient (Wildman–Crippen LogP) is 1.07. The summed E-state index contributed by atoms with van der Waals surface area (Å²) in [5, 5.41) is 3.07. The number of rotatable bonds is 6. The molecule has 5 nitrogen and oxygen atoms in total. The van der Waals surface area contributed by atoms with Gasteiger partial charge < -0.3 is 9.73 Å². The summed E-state index contributed by atoms with van der Waals surface area (Å²) in [6.45, 7) is 5.78. The highest BCUT2D eigenvalue weighted by molar-refractivity contribution is 7.91. The van der Waals surface area contributed by atoms with Crippen molar-refractivity contribution in [1.82, 2.24) is 10.3 Å². The average molecular weight is 246 g/mol. The number of aromatic nitrogens is 1. The molecule has 0 amide bonds. The van der Waals surface area contributed by atoms with Gasteiger partial charge in [0.15, 0.2) is 9.84 Å². The van der Waals surface area contributed by atoms with Crippen LogP contribution in [0.25, 0.3) is 0 Å². The molecule has 0 bridgehead atoms. The molecule has 0 saturated carbocycles. The summed E-state index contributed by atoms with van der Waals surface area (Å²) in [6.07, 6.45) is 1.65. The van der Waals surface area contributed by atoms with Gasteiger partial charge in [0, 0.05) is 12.3 Å². The fraction of sp³-hybridized carbons (Fsp3) is 0.700. The molecule has 0 fully saturated rings. The first-order valence-corrected chi connectivity index (χ1v) is 7.13. The Hall–Kier alpha value is -0.880. The fourth-order valence-corrected chi connectivity index (χ4v) is 1.95. The summed E-state index contributed by atoms with van der Waals surface area (Å²) in [5.41, 5.74) is 0. The number of oxazole rings is 1. The lowest BCUT2D eigenvalue weighted by Gasteiger charge is -2.09. The maximum absolute atomic E-state index is 11.2. The Balaban J connectivity index is 2.39. The molecule has 1 N–H and O–H groups in total. The van der Waals surface area contributed by atoms with E-state index in [1.54, 1.807) is 13.1 Å². The summed E-state index contributed by atoms with van der Waals surface area (Å²) in [5.74, 6) is 1.67. The first kappa shape index (κ1) is 13.2. The Morgan fingerprint density at radius 1 is 1.56 bits per heavy atom. The van der Waals surface area contributed by atoms with E-state index < -0.39 is 9.84 Å². The van der Waals surface area contributed by atoms with Gasteiger partial charge in [-0.05, 0) is 13.8 Å². The molecule has 6 heteroatoms. The molecule has 1 aromatic heterocycles. The third-order valence-corrected chi connectivity index (χ3v) is 4.02. The van der Waals surface area contributed by atoms with E-state index in [4.69, 9.17) is 4.42 Å². The number of aryl methyl sites for hydroxylation is 1. The van der Waals surface area contributed by atoms with Gasteiger partial charge >= 0.3 is 0 Å². The largest absolute Gasteiger partial charge is 0.444 e. The second-order valence-corrected chi connectivity index (χ2v) is 6.19. The van der Waals surface area contributed by atoms with E-state index in [1.165, 1.54) is 0 Å². The van der Waals surface area contributed by atoms with Crippen molar-refractivity contribution >= 4 is 9.84 Å². The minimum Gasteiger partial charge on any atom is -0.444 e. The van der Waals surface area contributed by atoms with Crippen molar-refractivity contribution in [2.45, 2.75) is 26.8 Å². The smallest absolute Gasteiger partial charge is 0.211 e. The summed E-state index contributed by atoms with van der Waals surface area (Å²) in [4.78, 5) is 4.07. The highest BCUT2D eigenvalue weighted by Crippen LogP contribution is 2.11. The lowest BCUT2D eigenvalue weighted by Crippen LogP contribution is -2.26. The van der Waals surface area contributed by atoms with Crippen molar-refractivity contribution in [2.75, 3.05) is 18.1 Å². The normalized spacial score (nSPS) is 13.9. The summed E-state index contributed by atoms with van der Waals surface area (Å²) in [6, 6.07) is -0.0687. The standard InChI is InChI=1S/C10H18N2O3S/c1-4-16(13,14)6-5-11-9(3)10-12-7-8(2)15-10/h7,9,11H,4-6H2,1-3H3. The Bertz CT molecular complexity index is 425. The quantitative estimate of drug-likeness (QED) is 0.812. The zero-order chi connectivity index (χ0) is 12.2. The summed E-state index contributed by atoms with van der Waals surface area (Å²) < 4.78 is 27.8. The molecule has 0 aliphatic rings. The van der Waals surface area contributed by atoms with E-state index in [-0.39, 0.29) is 17.5 Å². The van der Waals surface area contributed by atoms with Gasteiger partial charge in [0.2, 0.25) is 5.89 Å². The highest BCUT2D eigenvalue weighted by Gasteiger charge is 2.12. The maximum atomic E-state index is 11.2. The second kappa shape index (κ2) is 5.45. The first-order chi connectivity index (χ1) is 7.44. The van der Waals surface area contributed by atoms with Crippen LogP contribution in [-0.2, 0) is 9.84 Å². The number of nitrogens with one attached hydrogen (secondary N) is 1. The molecule has 92 valence electrons. The number of hydrogen-bond donors (Lipinski definition) is 1. The number of sulfone groups is 1. The van der Waals surface area contributed by atoms with Crippen LogP contribution in [-0.4, -0.2) is 31.5 Å². The molecule has 0 saturated heterocycles. The molecule has 0 aliphatic carbocycles. The SMILES string of the molecule is CCS(=O)(=O)CCNC(C)c1ncc(C)o1. The van der Waals surface area contributed by atoms with E-state index in [9.17, 15) is 8.42 Å². The molecule has 1 aromatic rings. The lowest BCUT2D eigenvalue weighted by atomic mass is 10.3. The Morgan fingerprint density at radius 2 is 2.25 bits per heavy atom. The average Bonchev–Trinajstić information content (AvgIpc) is 2.64. The van der Waals surface area contributed by atoms with Gasteiger partial charge in [-0.15, -0.1) is 0 Å². The van der Waals surface area contributed by atoms with E-state index >= 15 is 0 Å². The topological polar surface area (TPSA) is 72.2 Å². The van der Waals surface area contributed by atoms with Crippen molar-refractivity contribution < 1.29 is 12.8 Å². The van der Waals surface area contributed by atoms with Crippen LogP contribution < -0.4 is 5.32 Å². The van der Waals surface area contributed by atoms with Gasteiger partial charge in [-0.1, -0.05) is 6.92 Å². The predicted molar refractivity (Wildman–Crippen MR) is 62.0 cm³/mol. The van der Waals surface area contributed by atoms with Crippen molar-refractivity contribution in [1.29, 1.82) is 0 Å². The van der Waals surface area contributed by atoms with Crippen molar-refractivity contribution in [2.24, 2.45) is 0 Å². The molecular formula is C10H18N2O3S. The molecule has 0 radical (unpaired) electrons. The van der Waals surface area contributed by atoms with Crippen LogP contribution in [0.4, 0.5) is 0 Å². The van der Waals surface area contributed by atoms with Gasteiger partial charge in [-0.2, -0.15) is 0 Å². The Labute approximate surface area is 96.2 Å². The fourth-order valence-electron chi connectivity index (χ4n) is 1.23. The maximum Gasteiger partial charge on any atom is 0.211 e. The van der Waals surface area contributed by atoms with Crippen LogP contribution in [0.3, 0.4) is 0 Å². The first-order valence-electron chi connectivity index (χ1n) is 5.30. The van der Waals surface area contributed by atoms with Crippen molar-refractivity contribution in [3.05, 3.63) is 17.8 Å². The molecule has 1 rings (SSSR count). The minimum atomic E-state index is -2.91. The molecule has 1 unspecified atom stereocenters. The van der Waals surface area contributed by atoms with E-state index in [0.29, 0.717) is 12.4 Å². The van der Waals surface area contributed by atoms with E-state index in [0.717, 1.165) is 5.76 Å². The molecule has 0 aromatic carbocycles. The molecule has 1 atom stereocenters. The van der Waals surface area contributed by atoms with Crippen LogP contribution in [0, 0.1) is 6.92 Å². The number of hydrogen-bond acceptors (Lipinski definition) is 5. The second-order valence-electron chi connectivity index (χ2n) is 3.72. The Kier molecular flexibility index (Phi) is 4.49. The monoisotopic (exact) mass is 246 g/mol. The molecule has 0 spiro atoms. The van der Waals surface area contributed by atoms with Gasteiger partial charge in [0.05, 0.1) is 18.0 Å². The molecule has 16 heavy (non-hydrogen) atoms. The lowest BCUT2D eigenvalue weighted by molar-refractivity contribution is 0.408. The summed E-state index contributed by atoms with van der Waals surface area (Å²) in [7, 11) is -2.91. The van der Waals surface area contributed by atoms with Crippen LogP contribution in [0.1, 0.15) is 31.5 Å². The minimum absolute atomic E-state index is 0.0687. The zero-order valence-corrected chi connectivity index (χ0v) is 10.7. The van der Waals surface area contributed by atoms with Crippen LogP contribution >= 0.6 is 0 Å². The summed E-state index contributed by atoms with van der Waals surface area (Å²) >= 11 is 0. The third-order valence-electron chi connectivity index (χ3n) is 2.31. The molecular weight excluding hydrogens is 228 g/mol. The van der Waals surface area contributed by atoms with Crippen LogP contribution in [0.15, 0.2) is 10.6 Å². The van der Waals surface area contributed by atoms with Crippen LogP contribution in [0.5, 0.6) is 0 Å². The van der Waals surface area contributed by atoms with E-state index in [2.05, 4.69) is 10.3 Å². The van der Waals surface area contributed by atoms with Crippen molar-refractivity contribution in [3.63, 3.8) is 0 Å². The van der Waals surface area contributed by atoms with Crippen molar-refractivity contribution in [3.8, 4) is 0 Å². The molecule has 0 aliphatic heterocycles. The van der Waals surface area contributed by atoms with Gasteiger partial charge in [-0.25, -0.2) is 13.4 Å². The van der Waals surface area contributed by atoms with Gasteiger partial charge in [0.1, 0.15) is 5.76 Å². The van der Waals surface area contributed by atoms with Crippen LogP contribution in [0.2, 0.25) is 0 Å². The number of nitrogens with zero attached hydrogens (tertiary/aromatic N) is 1. The Morgan fingerprint density at radius 3 is 2.75 bits per heavy atom. The molecule has 1 heterocycles. The van der Waals surface area contributed by atoms with Gasteiger partial charge in [-0.3, -0.25) is 0 Å². The van der Waals surface area contributed by atoms with E-state index in [1.807, 2.05) is 13.8 Å². The zero-order valence-electron chi connectivity index (χ0n) is 9.86. The highest BCUT2D eigenvalue weighted by atomic mass is 32.2. The van der Waals surface area contributed by atoms with Gasteiger partial charge in [0.25, 0.3) is 0 Å². The third kappa shape index (κ3) is 3.94.